The standard InChI is InChI=1S/C16H18N6O/c1-11-14-15(18-10-17-14)20-16(19-11)22-8-6-21(7-9-22)12-2-4-13(23)5-3-12/h2-5,10,23H,6-9H2,1H3,(H,17,18,19,20). The summed E-state index contributed by atoms with van der Waals surface area (Å²) in [5.74, 6) is 1.04. The number of rotatable bonds is 2. The Morgan fingerprint density at radius 3 is 2.43 bits per heavy atom. The van der Waals surface area contributed by atoms with Gasteiger partial charge in [0.2, 0.25) is 5.95 Å². The van der Waals surface area contributed by atoms with E-state index in [2.05, 4.69) is 29.7 Å². The molecule has 0 radical (unpaired) electrons. The lowest BCUT2D eigenvalue weighted by Gasteiger charge is -2.36. The lowest BCUT2D eigenvalue weighted by atomic mass is 10.2. The quantitative estimate of drug-likeness (QED) is 0.750. The molecular weight excluding hydrogens is 292 g/mol. The summed E-state index contributed by atoms with van der Waals surface area (Å²) in [5, 5.41) is 9.39. The lowest BCUT2D eigenvalue weighted by molar-refractivity contribution is 0.475. The molecule has 2 aromatic heterocycles. The van der Waals surface area contributed by atoms with E-state index in [-0.39, 0.29) is 0 Å². The molecule has 0 spiro atoms. The molecule has 0 amide bonds. The number of aryl methyl sites for hydroxylation is 1. The Morgan fingerprint density at radius 2 is 1.70 bits per heavy atom. The fraction of sp³-hybridized carbons (Fsp3) is 0.312. The Morgan fingerprint density at radius 1 is 1.00 bits per heavy atom. The van der Waals surface area contributed by atoms with Crippen LogP contribution >= 0.6 is 0 Å². The summed E-state index contributed by atoms with van der Waals surface area (Å²) in [6, 6.07) is 7.34. The van der Waals surface area contributed by atoms with Crippen molar-refractivity contribution in [3.63, 3.8) is 0 Å². The number of phenolic OH excluding ortho intramolecular Hbond substituents is 1. The molecule has 0 atom stereocenters. The Balaban J connectivity index is 1.51. The van der Waals surface area contributed by atoms with Crippen LogP contribution in [0.4, 0.5) is 11.6 Å². The zero-order valence-corrected chi connectivity index (χ0v) is 12.9. The number of imidazole rings is 1. The summed E-state index contributed by atoms with van der Waals surface area (Å²) in [6.07, 6.45) is 1.65. The molecule has 2 N–H and O–H groups in total. The maximum Gasteiger partial charge on any atom is 0.227 e. The van der Waals surface area contributed by atoms with Crippen LogP contribution in [-0.2, 0) is 0 Å². The number of anilines is 2. The summed E-state index contributed by atoms with van der Waals surface area (Å²) >= 11 is 0. The number of benzene rings is 1. The van der Waals surface area contributed by atoms with Gasteiger partial charge in [0.1, 0.15) is 11.3 Å². The molecule has 3 heterocycles. The summed E-state index contributed by atoms with van der Waals surface area (Å²) in [7, 11) is 0. The molecule has 1 saturated heterocycles. The van der Waals surface area contributed by atoms with Crippen LogP contribution in [0.3, 0.4) is 0 Å². The minimum absolute atomic E-state index is 0.295. The first kappa shape index (κ1) is 13.8. The molecule has 1 fully saturated rings. The number of hydrogen-bond donors (Lipinski definition) is 2. The normalized spacial score (nSPS) is 15.3. The largest absolute Gasteiger partial charge is 0.508 e. The third kappa shape index (κ3) is 2.54. The zero-order chi connectivity index (χ0) is 15.8. The first-order chi connectivity index (χ1) is 11.2. The number of aromatic amines is 1. The maximum atomic E-state index is 9.39. The molecule has 1 aromatic carbocycles. The molecule has 7 heteroatoms. The van der Waals surface area contributed by atoms with Gasteiger partial charge in [0, 0.05) is 31.9 Å². The van der Waals surface area contributed by atoms with E-state index in [1.807, 2.05) is 19.1 Å². The van der Waals surface area contributed by atoms with Gasteiger partial charge in [0.15, 0.2) is 5.65 Å². The molecule has 23 heavy (non-hydrogen) atoms. The second-order valence-corrected chi connectivity index (χ2v) is 5.70. The van der Waals surface area contributed by atoms with E-state index in [0.29, 0.717) is 11.4 Å². The van der Waals surface area contributed by atoms with Crippen LogP contribution in [0.1, 0.15) is 5.69 Å². The van der Waals surface area contributed by atoms with Crippen LogP contribution in [0, 0.1) is 6.92 Å². The highest BCUT2D eigenvalue weighted by Crippen LogP contribution is 2.22. The molecular formula is C16H18N6O. The molecule has 118 valence electrons. The smallest absolute Gasteiger partial charge is 0.227 e. The number of aromatic nitrogens is 4. The average molecular weight is 310 g/mol. The highest BCUT2D eigenvalue weighted by molar-refractivity contribution is 5.73. The number of fused-ring (bicyclic) bond motifs is 1. The van der Waals surface area contributed by atoms with Crippen molar-refractivity contribution in [3.05, 3.63) is 36.3 Å². The van der Waals surface area contributed by atoms with Gasteiger partial charge in [0.25, 0.3) is 0 Å². The van der Waals surface area contributed by atoms with E-state index in [4.69, 9.17) is 0 Å². The van der Waals surface area contributed by atoms with Crippen molar-refractivity contribution in [2.45, 2.75) is 6.92 Å². The third-order valence-electron chi connectivity index (χ3n) is 4.23. The van der Waals surface area contributed by atoms with Crippen molar-refractivity contribution >= 4 is 22.8 Å². The first-order valence-corrected chi connectivity index (χ1v) is 7.67. The first-order valence-electron chi connectivity index (χ1n) is 7.67. The summed E-state index contributed by atoms with van der Waals surface area (Å²) in [6.45, 7) is 5.47. The van der Waals surface area contributed by atoms with E-state index >= 15 is 0 Å². The van der Waals surface area contributed by atoms with E-state index < -0.39 is 0 Å². The minimum atomic E-state index is 0.295. The van der Waals surface area contributed by atoms with Crippen molar-refractivity contribution in [2.75, 3.05) is 36.0 Å². The van der Waals surface area contributed by atoms with Gasteiger partial charge in [-0.15, -0.1) is 0 Å². The number of hydrogen-bond acceptors (Lipinski definition) is 6. The summed E-state index contributed by atoms with van der Waals surface area (Å²) < 4.78 is 0. The second kappa shape index (κ2) is 5.42. The number of phenols is 1. The van der Waals surface area contributed by atoms with Crippen LogP contribution in [0.15, 0.2) is 30.6 Å². The Bertz CT molecular complexity index is 820. The monoisotopic (exact) mass is 310 g/mol. The number of nitrogens with one attached hydrogen (secondary N) is 1. The predicted octanol–water partition coefficient (Wildman–Crippen LogP) is 1.69. The van der Waals surface area contributed by atoms with Crippen LogP contribution in [0.25, 0.3) is 11.2 Å². The highest BCUT2D eigenvalue weighted by atomic mass is 16.3. The number of aromatic hydroxyl groups is 1. The Kier molecular flexibility index (Phi) is 3.25. The summed E-state index contributed by atoms with van der Waals surface area (Å²) in [5.41, 5.74) is 3.66. The van der Waals surface area contributed by atoms with Crippen molar-refractivity contribution in [2.24, 2.45) is 0 Å². The average Bonchev–Trinajstić information content (AvgIpc) is 3.05. The SMILES string of the molecule is Cc1nc(N2CCN(c3ccc(O)cc3)CC2)nc2nc[nH]c12. The van der Waals surface area contributed by atoms with Crippen molar-refractivity contribution in [1.29, 1.82) is 0 Å². The van der Waals surface area contributed by atoms with Crippen molar-refractivity contribution < 1.29 is 5.11 Å². The van der Waals surface area contributed by atoms with Crippen LogP contribution < -0.4 is 9.80 Å². The summed E-state index contributed by atoms with van der Waals surface area (Å²) in [4.78, 5) is 20.9. The zero-order valence-electron chi connectivity index (χ0n) is 12.9. The predicted molar refractivity (Wildman–Crippen MR) is 89.0 cm³/mol. The molecule has 0 bridgehead atoms. The Hall–Kier alpha value is -2.83. The fourth-order valence-corrected chi connectivity index (χ4v) is 2.93. The van der Waals surface area contributed by atoms with Gasteiger partial charge in [-0.3, -0.25) is 0 Å². The topological polar surface area (TPSA) is 81.2 Å². The fourth-order valence-electron chi connectivity index (χ4n) is 2.93. The molecule has 7 nitrogen and oxygen atoms in total. The van der Waals surface area contributed by atoms with E-state index in [0.717, 1.165) is 49.0 Å². The molecule has 1 aliphatic heterocycles. The van der Waals surface area contributed by atoms with Crippen LogP contribution in [0.5, 0.6) is 5.75 Å². The molecule has 0 aliphatic carbocycles. The van der Waals surface area contributed by atoms with Gasteiger partial charge in [-0.1, -0.05) is 0 Å². The molecule has 0 saturated carbocycles. The van der Waals surface area contributed by atoms with Crippen molar-refractivity contribution in [3.8, 4) is 5.75 Å². The molecule has 1 aliphatic rings. The van der Waals surface area contributed by atoms with Gasteiger partial charge in [-0.05, 0) is 31.2 Å². The lowest BCUT2D eigenvalue weighted by Crippen LogP contribution is -2.47. The second-order valence-electron chi connectivity index (χ2n) is 5.70. The van der Waals surface area contributed by atoms with Gasteiger partial charge >= 0.3 is 0 Å². The van der Waals surface area contributed by atoms with E-state index in [1.54, 1.807) is 18.5 Å². The molecule has 4 rings (SSSR count). The third-order valence-corrected chi connectivity index (χ3v) is 4.23. The van der Waals surface area contributed by atoms with Gasteiger partial charge < -0.3 is 19.9 Å². The number of nitrogens with zero attached hydrogens (tertiary/aromatic N) is 5. The molecule has 3 aromatic rings. The van der Waals surface area contributed by atoms with E-state index in [9.17, 15) is 5.11 Å². The van der Waals surface area contributed by atoms with Gasteiger partial charge in [0.05, 0.1) is 12.0 Å². The molecule has 0 unspecified atom stereocenters. The van der Waals surface area contributed by atoms with Gasteiger partial charge in [-0.25, -0.2) is 9.97 Å². The highest BCUT2D eigenvalue weighted by Gasteiger charge is 2.20. The maximum absolute atomic E-state index is 9.39. The Labute approximate surface area is 133 Å². The van der Waals surface area contributed by atoms with Gasteiger partial charge in [-0.2, -0.15) is 4.98 Å². The van der Waals surface area contributed by atoms with E-state index in [1.165, 1.54) is 0 Å². The van der Waals surface area contributed by atoms with Crippen LogP contribution in [-0.4, -0.2) is 51.2 Å². The minimum Gasteiger partial charge on any atom is -0.508 e. The van der Waals surface area contributed by atoms with Crippen molar-refractivity contribution in [1.82, 2.24) is 19.9 Å². The van der Waals surface area contributed by atoms with Crippen LogP contribution in [0.2, 0.25) is 0 Å². The number of piperazine rings is 1. The number of H-pyrrole nitrogens is 1.